The number of hydrogen-bond donors (Lipinski definition) is 5. The first-order valence-electron chi connectivity index (χ1n) is 23.8. The minimum absolute atomic E-state index is 0.0840. The van der Waals surface area contributed by atoms with Gasteiger partial charge in [0.15, 0.2) is 11.5 Å². The molecule has 2 aliphatic heterocycles. The van der Waals surface area contributed by atoms with E-state index in [1.165, 1.54) is 46.5 Å². The van der Waals surface area contributed by atoms with Crippen molar-refractivity contribution in [2.45, 2.75) is 61.7 Å². The van der Waals surface area contributed by atoms with Crippen LogP contribution in [0.15, 0.2) is 109 Å². The number of urea groups is 1. The van der Waals surface area contributed by atoms with Crippen LogP contribution in [0.2, 0.25) is 0 Å². The first-order valence-corrected chi connectivity index (χ1v) is 23.8. The number of ether oxygens (including phenoxy) is 2. The molecule has 0 bridgehead atoms. The van der Waals surface area contributed by atoms with Gasteiger partial charge < -0.3 is 45.9 Å². The molecule has 1 aromatic heterocycles. The topological polar surface area (TPSA) is 186 Å². The van der Waals surface area contributed by atoms with Crippen LogP contribution >= 0.6 is 0 Å². The highest BCUT2D eigenvalue weighted by Crippen LogP contribution is 2.51. The Labute approximate surface area is 456 Å². The van der Waals surface area contributed by atoms with Gasteiger partial charge in [0.05, 0.1) is 11.4 Å². The van der Waals surface area contributed by atoms with Gasteiger partial charge in [-0.05, 0) is 59.7 Å². The first-order chi connectivity index (χ1) is 38.3. The van der Waals surface area contributed by atoms with Crippen molar-refractivity contribution >= 4 is 34.9 Å². The Balaban J connectivity index is 0.000000273. The van der Waals surface area contributed by atoms with Crippen molar-refractivity contribution in [3.05, 3.63) is 143 Å². The number of pyridine rings is 1. The summed E-state index contributed by atoms with van der Waals surface area (Å²) in [7, 11) is 0. The average molecular weight is 1210 g/mol. The standard InChI is InChI=1S/C28H24F9N5O4.C22H20F9N3O3/c29-26(30,31)25(45,27(32,33)34)19-4-1-17(2-5-19)16-41-11-13-42(14-12-41)23(43)18-3-6-21(22(15-18)46-28(35,36)37)40-24(44)39-20-7-9-38-10-8-20;23-20(24,25)19(36,21(26,27)28)15-4-1-13(2-5-15)12-33-7-9-34(10-8-33)18(35)14-3-6-16(32)17(11-14)37-22(29,30)31/h1-10,15,45H,11-14,16H2,(H2,38,39,40,44);1-6,11,36H,7-10,12,32H2. The Bertz CT molecular complexity index is 3010. The lowest BCUT2D eigenvalue weighted by Gasteiger charge is -2.35. The lowest BCUT2D eigenvalue weighted by Crippen LogP contribution is -2.53. The number of halogens is 18. The maximum Gasteiger partial charge on any atom is 0.573 e. The minimum Gasteiger partial charge on any atom is -0.404 e. The normalized spacial score (nSPS) is 15.5. The van der Waals surface area contributed by atoms with Gasteiger partial charge >= 0.3 is 43.5 Å². The van der Waals surface area contributed by atoms with Crippen molar-refractivity contribution in [1.82, 2.24) is 24.6 Å². The Kier molecular flexibility index (Phi) is 19.1. The molecule has 0 atom stereocenters. The second-order valence-electron chi connectivity index (χ2n) is 18.3. The van der Waals surface area contributed by atoms with Crippen LogP contribution in [0, 0.1) is 0 Å². The van der Waals surface area contributed by atoms with Gasteiger partial charge in [0.1, 0.15) is 0 Å². The van der Waals surface area contributed by atoms with Crippen molar-refractivity contribution in [2.75, 3.05) is 68.7 Å². The third kappa shape index (κ3) is 15.9. The number of anilines is 3. The van der Waals surface area contributed by atoms with Gasteiger partial charge in [0.2, 0.25) is 0 Å². The molecule has 7 rings (SSSR count). The molecule has 33 heteroatoms. The fourth-order valence-corrected chi connectivity index (χ4v) is 8.35. The van der Waals surface area contributed by atoms with E-state index < -0.39 is 89.1 Å². The second-order valence-corrected chi connectivity index (χ2v) is 18.3. The van der Waals surface area contributed by atoms with E-state index in [9.17, 15) is 104 Å². The van der Waals surface area contributed by atoms with E-state index in [1.807, 2.05) is 0 Å². The molecule has 15 nitrogen and oxygen atoms in total. The second kappa shape index (κ2) is 24.6. The van der Waals surface area contributed by atoms with Gasteiger partial charge in [-0.1, -0.05) is 48.5 Å². The summed E-state index contributed by atoms with van der Waals surface area (Å²) in [6.07, 6.45) is -31.4. The summed E-state index contributed by atoms with van der Waals surface area (Å²) in [6.45, 7) is 1.65. The van der Waals surface area contributed by atoms with E-state index in [-0.39, 0.29) is 87.9 Å². The average Bonchev–Trinajstić information content (AvgIpc) is 3.30. The Morgan fingerprint density at radius 2 is 0.843 bits per heavy atom. The number of amides is 4. The Morgan fingerprint density at radius 1 is 0.482 bits per heavy atom. The molecule has 2 saturated heterocycles. The number of aliphatic hydroxyl groups is 2. The van der Waals surface area contributed by atoms with Gasteiger partial charge in [0.25, 0.3) is 23.0 Å². The quantitative estimate of drug-likeness (QED) is 0.0591. The third-order valence-corrected chi connectivity index (χ3v) is 12.6. The van der Waals surface area contributed by atoms with Crippen molar-refractivity contribution in [3.8, 4) is 11.5 Å². The molecule has 2 aliphatic rings. The number of rotatable bonds is 12. The highest BCUT2D eigenvalue weighted by molar-refractivity contribution is 6.02. The monoisotopic (exact) mass is 1210 g/mol. The molecule has 6 N–H and O–H groups in total. The molecule has 4 amide bonds. The highest BCUT2D eigenvalue weighted by Gasteiger charge is 2.72. The Morgan fingerprint density at radius 3 is 1.22 bits per heavy atom. The predicted molar refractivity (Wildman–Crippen MR) is 255 cm³/mol. The summed E-state index contributed by atoms with van der Waals surface area (Å²) in [5.41, 5.74) is -7.30. The molecule has 0 radical (unpaired) electrons. The first kappa shape index (κ1) is 64.4. The zero-order valence-corrected chi connectivity index (χ0v) is 42.0. The van der Waals surface area contributed by atoms with Gasteiger partial charge in [0, 0.05) is 106 Å². The number of alkyl halides is 18. The maximum atomic E-state index is 13.1. The fourth-order valence-electron chi connectivity index (χ4n) is 8.35. The van der Waals surface area contributed by atoms with Crippen molar-refractivity contribution < 1.29 is 113 Å². The Hall–Kier alpha value is -7.78. The SMILES string of the molecule is Nc1ccc(C(=O)N2CCN(Cc3ccc(C(O)(C(F)(F)F)C(F)(F)F)cc3)CC2)cc1OC(F)(F)F.O=C(Nc1ccncc1)Nc1ccc(C(=O)N2CCN(Cc3ccc(C(O)(C(F)(F)F)C(F)(F)F)cc3)CC2)cc1OC(F)(F)F. The van der Waals surface area contributed by atoms with Crippen LogP contribution in [0.4, 0.5) is 101 Å². The van der Waals surface area contributed by atoms with Crippen LogP contribution < -0.4 is 25.8 Å². The number of nitrogens with zero attached hydrogens (tertiary/aromatic N) is 5. The molecule has 0 unspecified atom stereocenters. The van der Waals surface area contributed by atoms with Crippen LogP contribution in [0.25, 0.3) is 0 Å². The van der Waals surface area contributed by atoms with Crippen LogP contribution in [-0.2, 0) is 24.3 Å². The van der Waals surface area contributed by atoms with Crippen LogP contribution in [0.5, 0.6) is 11.5 Å². The number of piperazine rings is 2. The zero-order valence-electron chi connectivity index (χ0n) is 42.0. The number of nitrogen functional groups attached to an aromatic ring is 1. The van der Waals surface area contributed by atoms with Gasteiger partial charge in [-0.2, -0.15) is 52.7 Å². The lowest BCUT2D eigenvalue weighted by molar-refractivity contribution is -0.376. The molecule has 0 spiro atoms. The van der Waals surface area contributed by atoms with E-state index in [1.54, 1.807) is 9.80 Å². The van der Waals surface area contributed by atoms with Gasteiger partial charge in [-0.25, -0.2) is 4.79 Å². The number of carbonyl (C=O) groups is 3. The number of nitrogens with one attached hydrogen (secondary N) is 2. The fraction of sp³-hybridized carbons (Fsp3) is 0.360. The zero-order chi connectivity index (χ0) is 61.7. The molecule has 4 aromatic carbocycles. The molecule has 452 valence electrons. The summed E-state index contributed by atoms with van der Waals surface area (Å²) in [5.74, 6) is -2.78. The summed E-state index contributed by atoms with van der Waals surface area (Å²) in [4.78, 5) is 48.1. The number of aromatic nitrogens is 1. The number of carbonyl (C=O) groups excluding carboxylic acids is 3. The predicted octanol–water partition coefficient (Wildman–Crippen LogP) is 10.3. The van der Waals surface area contributed by atoms with E-state index in [0.29, 0.717) is 41.1 Å². The number of hydrogen-bond acceptors (Lipinski definition) is 11. The van der Waals surface area contributed by atoms with Crippen molar-refractivity contribution in [2.24, 2.45) is 0 Å². The van der Waals surface area contributed by atoms with Crippen molar-refractivity contribution in [1.29, 1.82) is 0 Å². The van der Waals surface area contributed by atoms with E-state index in [0.717, 1.165) is 48.5 Å². The molecule has 83 heavy (non-hydrogen) atoms. The smallest absolute Gasteiger partial charge is 0.404 e. The molecule has 5 aromatic rings. The highest BCUT2D eigenvalue weighted by atomic mass is 19.4. The molecular weight excluding hydrogens is 1170 g/mol. The summed E-state index contributed by atoms with van der Waals surface area (Å²) in [6, 6.07) is 14.6. The van der Waals surface area contributed by atoms with Crippen LogP contribution in [-0.4, -0.2) is 142 Å². The van der Waals surface area contributed by atoms with Crippen LogP contribution in [0.1, 0.15) is 43.0 Å². The summed E-state index contributed by atoms with van der Waals surface area (Å²) in [5, 5.41) is 23.6. The lowest BCUT2D eigenvalue weighted by atomic mass is 9.91. The van der Waals surface area contributed by atoms with Gasteiger partial charge in [-0.15, -0.1) is 26.3 Å². The van der Waals surface area contributed by atoms with Gasteiger partial charge in [-0.3, -0.25) is 24.4 Å². The minimum atomic E-state index is -6.01. The molecular formula is C50H44F18N8O7. The van der Waals surface area contributed by atoms with Crippen molar-refractivity contribution in [3.63, 3.8) is 0 Å². The molecule has 2 fully saturated rings. The van der Waals surface area contributed by atoms with Crippen LogP contribution in [0.3, 0.4) is 0 Å². The summed E-state index contributed by atoms with van der Waals surface area (Å²) < 4.78 is 242. The van der Waals surface area contributed by atoms with E-state index in [4.69, 9.17) is 5.73 Å². The van der Waals surface area contributed by atoms with E-state index in [2.05, 4.69) is 25.1 Å². The summed E-state index contributed by atoms with van der Waals surface area (Å²) >= 11 is 0. The number of nitrogens with two attached hydrogens (primary N) is 1. The van der Waals surface area contributed by atoms with E-state index >= 15 is 0 Å². The largest absolute Gasteiger partial charge is 0.573 e. The third-order valence-electron chi connectivity index (χ3n) is 12.6. The molecule has 0 aliphatic carbocycles. The molecule has 0 saturated carbocycles. The number of benzene rings is 4. The molecule has 3 heterocycles. The maximum absolute atomic E-state index is 13.1.